The lowest BCUT2D eigenvalue weighted by Gasteiger charge is -2.40. The SMILES string of the molecule is CCCCCCCCC/C=C/C(O)C(COC1OC(CO)C(O)C(O)C1O)NC(=O)CCCCCCCCC/C=C\C/C=C\CCCCCOC(=O)CCCCCCCCCCCCCCCCCC. The zero-order valence-corrected chi connectivity index (χ0v) is 45.0. The molecule has 0 aliphatic carbocycles. The van der Waals surface area contributed by atoms with Crippen molar-refractivity contribution in [1.82, 2.24) is 5.32 Å². The zero-order valence-electron chi connectivity index (χ0n) is 45.0. The third kappa shape index (κ3) is 38.5. The first kappa shape index (κ1) is 65.9. The predicted octanol–water partition coefficient (Wildman–Crippen LogP) is 13.1. The molecule has 0 spiro atoms. The Morgan fingerprint density at radius 2 is 0.957 bits per heavy atom. The quantitative estimate of drug-likeness (QED) is 0.0195. The van der Waals surface area contributed by atoms with Gasteiger partial charge in [0.25, 0.3) is 0 Å². The second-order valence-corrected chi connectivity index (χ2v) is 20.3. The largest absolute Gasteiger partial charge is 0.466 e. The average Bonchev–Trinajstić information content (AvgIpc) is 3.36. The van der Waals surface area contributed by atoms with Gasteiger partial charge in [0, 0.05) is 12.8 Å². The zero-order chi connectivity index (χ0) is 51.0. The molecule has 0 bridgehead atoms. The fraction of sp³-hybridized carbons (Fsp3) is 0.864. The number of aliphatic hydroxyl groups excluding tert-OH is 5. The molecule has 0 saturated carbocycles. The molecule has 1 saturated heterocycles. The molecule has 1 fully saturated rings. The van der Waals surface area contributed by atoms with E-state index in [0.717, 1.165) is 96.3 Å². The Morgan fingerprint density at radius 1 is 0.529 bits per heavy atom. The molecule has 1 aliphatic heterocycles. The highest BCUT2D eigenvalue weighted by Gasteiger charge is 2.44. The average molecular weight is 993 g/mol. The van der Waals surface area contributed by atoms with E-state index in [4.69, 9.17) is 14.2 Å². The molecule has 0 radical (unpaired) electrons. The molecule has 1 rings (SSSR count). The Bertz CT molecular complexity index is 1260. The number of ether oxygens (including phenoxy) is 3. The van der Waals surface area contributed by atoms with Crippen molar-refractivity contribution >= 4 is 11.9 Å². The van der Waals surface area contributed by atoms with E-state index in [0.29, 0.717) is 19.4 Å². The fourth-order valence-corrected chi connectivity index (χ4v) is 9.05. The van der Waals surface area contributed by atoms with E-state index in [1.165, 1.54) is 141 Å². The number of allylic oxidation sites excluding steroid dienone is 5. The monoisotopic (exact) mass is 992 g/mol. The summed E-state index contributed by atoms with van der Waals surface area (Å²) < 4.78 is 16.6. The van der Waals surface area contributed by atoms with Gasteiger partial charge in [0.2, 0.25) is 5.91 Å². The number of esters is 1. The van der Waals surface area contributed by atoms with Crippen LogP contribution in [-0.2, 0) is 23.8 Å². The molecule has 0 aromatic heterocycles. The summed E-state index contributed by atoms with van der Waals surface area (Å²) in [7, 11) is 0. The van der Waals surface area contributed by atoms with Crippen LogP contribution >= 0.6 is 0 Å². The van der Waals surface area contributed by atoms with Gasteiger partial charge in [0.1, 0.15) is 24.4 Å². The predicted molar refractivity (Wildman–Crippen MR) is 287 cm³/mol. The number of hydrogen-bond donors (Lipinski definition) is 6. The van der Waals surface area contributed by atoms with Crippen molar-refractivity contribution in [2.75, 3.05) is 19.8 Å². The Kier molecular flexibility index (Phi) is 46.2. The lowest BCUT2D eigenvalue weighted by Crippen LogP contribution is -2.60. The Hall–Kier alpha value is -2.12. The van der Waals surface area contributed by atoms with Crippen molar-refractivity contribution in [2.24, 2.45) is 0 Å². The molecule has 0 aromatic carbocycles. The Balaban J connectivity index is 2.07. The van der Waals surface area contributed by atoms with Crippen LogP contribution in [-0.4, -0.2) is 100 Å². The number of amides is 1. The van der Waals surface area contributed by atoms with Crippen LogP contribution in [0.2, 0.25) is 0 Å². The lowest BCUT2D eigenvalue weighted by atomic mass is 9.99. The highest BCUT2D eigenvalue weighted by molar-refractivity contribution is 5.76. The van der Waals surface area contributed by atoms with E-state index in [9.17, 15) is 35.1 Å². The lowest BCUT2D eigenvalue weighted by molar-refractivity contribution is -0.302. The molecule has 70 heavy (non-hydrogen) atoms. The van der Waals surface area contributed by atoms with Crippen LogP contribution in [0.1, 0.15) is 264 Å². The van der Waals surface area contributed by atoms with Gasteiger partial charge in [-0.25, -0.2) is 0 Å². The first-order valence-electron chi connectivity index (χ1n) is 29.3. The maximum atomic E-state index is 13.0. The summed E-state index contributed by atoms with van der Waals surface area (Å²) >= 11 is 0. The van der Waals surface area contributed by atoms with Crippen LogP contribution in [0.3, 0.4) is 0 Å². The van der Waals surface area contributed by atoms with Crippen molar-refractivity contribution in [3.05, 3.63) is 36.5 Å². The van der Waals surface area contributed by atoms with Crippen LogP contribution in [0.15, 0.2) is 36.5 Å². The van der Waals surface area contributed by atoms with Gasteiger partial charge in [0.05, 0.1) is 32.0 Å². The molecule has 7 atom stereocenters. The summed E-state index contributed by atoms with van der Waals surface area (Å²) in [6, 6.07) is -0.820. The van der Waals surface area contributed by atoms with Gasteiger partial charge in [-0.05, 0) is 70.6 Å². The fourth-order valence-electron chi connectivity index (χ4n) is 9.05. The molecule has 7 unspecified atom stereocenters. The second-order valence-electron chi connectivity index (χ2n) is 20.3. The number of aliphatic hydroxyl groups is 5. The molecule has 410 valence electrons. The second kappa shape index (κ2) is 49.1. The number of carbonyl (C=O) groups is 2. The number of hydrogen-bond acceptors (Lipinski definition) is 10. The van der Waals surface area contributed by atoms with Gasteiger partial charge < -0.3 is 45.1 Å². The number of carbonyl (C=O) groups excluding carboxylic acids is 2. The van der Waals surface area contributed by atoms with Crippen LogP contribution in [0.25, 0.3) is 0 Å². The number of nitrogens with one attached hydrogen (secondary N) is 1. The molecule has 0 aromatic rings. The van der Waals surface area contributed by atoms with Crippen LogP contribution in [0.5, 0.6) is 0 Å². The minimum atomic E-state index is -1.58. The smallest absolute Gasteiger partial charge is 0.305 e. The van der Waals surface area contributed by atoms with Gasteiger partial charge in [-0.3, -0.25) is 9.59 Å². The van der Waals surface area contributed by atoms with E-state index in [1.54, 1.807) is 6.08 Å². The third-order valence-corrected chi connectivity index (χ3v) is 13.7. The van der Waals surface area contributed by atoms with Gasteiger partial charge in [-0.15, -0.1) is 0 Å². The number of unbranched alkanes of at least 4 members (excludes halogenated alkanes) is 32. The minimum Gasteiger partial charge on any atom is -0.466 e. The molecule has 1 amide bonds. The summed E-state index contributed by atoms with van der Waals surface area (Å²) in [5.41, 5.74) is 0. The van der Waals surface area contributed by atoms with E-state index in [-0.39, 0.29) is 18.5 Å². The standard InChI is InChI=1S/C59H109NO10/c1-3-5-7-9-11-13-14-15-16-21-24-27-31-35-39-43-47-55(64)68-48-44-40-36-32-28-25-22-19-17-18-20-23-26-30-34-38-42-46-54(63)60-51(52(62)45-41-37-33-29-12-10-8-6-4-2)50-69-59-58(67)57(66)56(65)53(49-61)70-59/h17,19,25,28,41,45,51-53,56-59,61-62,65-67H,3-16,18,20-24,26-27,29-40,42-44,46-50H2,1-2H3,(H,60,63)/b19-17-,28-25-,45-41+. The van der Waals surface area contributed by atoms with E-state index < -0.39 is 49.5 Å². The summed E-state index contributed by atoms with van der Waals surface area (Å²) in [4.78, 5) is 25.0. The minimum absolute atomic E-state index is 0.0293. The normalized spacial score (nSPS) is 19.4. The highest BCUT2D eigenvalue weighted by atomic mass is 16.7. The van der Waals surface area contributed by atoms with Crippen molar-refractivity contribution < 1.29 is 49.3 Å². The summed E-state index contributed by atoms with van der Waals surface area (Å²) in [5, 5.41) is 54.1. The van der Waals surface area contributed by atoms with Gasteiger partial charge >= 0.3 is 5.97 Å². The first-order valence-corrected chi connectivity index (χ1v) is 29.3. The van der Waals surface area contributed by atoms with Gasteiger partial charge in [-0.2, -0.15) is 0 Å². The van der Waals surface area contributed by atoms with Gasteiger partial charge in [0.15, 0.2) is 6.29 Å². The third-order valence-electron chi connectivity index (χ3n) is 13.7. The van der Waals surface area contributed by atoms with Crippen LogP contribution < -0.4 is 5.32 Å². The Labute approximate surface area is 428 Å². The maximum absolute atomic E-state index is 13.0. The van der Waals surface area contributed by atoms with E-state index >= 15 is 0 Å². The van der Waals surface area contributed by atoms with Crippen LogP contribution in [0.4, 0.5) is 0 Å². The molecule has 6 N–H and O–H groups in total. The molecule has 11 heteroatoms. The van der Waals surface area contributed by atoms with Gasteiger partial charge in [-0.1, -0.05) is 217 Å². The van der Waals surface area contributed by atoms with Crippen molar-refractivity contribution in [3.63, 3.8) is 0 Å². The van der Waals surface area contributed by atoms with Crippen molar-refractivity contribution in [2.45, 2.75) is 307 Å². The molecule has 11 nitrogen and oxygen atoms in total. The maximum Gasteiger partial charge on any atom is 0.305 e. The van der Waals surface area contributed by atoms with Crippen LogP contribution in [0, 0.1) is 0 Å². The molecule has 1 aliphatic rings. The summed E-state index contributed by atoms with van der Waals surface area (Å²) in [6.45, 7) is 4.26. The van der Waals surface area contributed by atoms with E-state index in [1.807, 2.05) is 6.08 Å². The molecular weight excluding hydrogens is 883 g/mol. The molecule has 1 heterocycles. The highest BCUT2D eigenvalue weighted by Crippen LogP contribution is 2.23. The van der Waals surface area contributed by atoms with E-state index in [2.05, 4.69) is 43.5 Å². The van der Waals surface area contributed by atoms with Crippen molar-refractivity contribution in [3.8, 4) is 0 Å². The topological polar surface area (TPSA) is 175 Å². The summed E-state index contributed by atoms with van der Waals surface area (Å²) in [5.74, 6) is -0.230. The summed E-state index contributed by atoms with van der Waals surface area (Å²) in [6.07, 6.45) is 49.6. The first-order chi connectivity index (χ1) is 34.2. The molecular formula is C59H109NO10. The number of rotatable bonds is 50. The van der Waals surface area contributed by atoms with Crippen molar-refractivity contribution in [1.29, 1.82) is 0 Å². The Morgan fingerprint density at radius 3 is 1.44 bits per heavy atom.